The second kappa shape index (κ2) is 16.3. The first-order chi connectivity index (χ1) is 24.2. The van der Waals surface area contributed by atoms with E-state index in [4.69, 9.17) is 9.84 Å². The van der Waals surface area contributed by atoms with Crippen LogP contribution in [0.15, 0.2) is 76.8 Å². The van der Waals surface area contributed by atoms with Crippen LogP contribution in [-0.2, 0) is 27.2 Å². The summed E-state index contributed by atoms with van der Waals surface area (Å²) < 4.78 is 20.2. The number of ether oxygens (including phenoxy) is 1. The van der Waals surface area contributed by atoms with E-state index in [0.717, 1.165) is 58.8 Å². The number of benzene rings is 3. The first-order valence-corrected chi connectivity index (χ1v) is 18.5. The van der Waals surface area contributed by atoms with E-state index < -0.39 is 5.97 Å². The second-order valence-corrected chi connectivity index (χ2v) is 14.5. The summed E-state index contributed by atoms with van der Waals surface area (Å²) in [4.78, 5) is 42.9. The van der Waals surface area contributed by atoms with Crippen LogP contribution in [0.1, 0.15) is 67.2 Å². The number of nitrogens with zero attached hydrogens (tertiary/aromatic N) is 2. The van der Waals surface area contributed by atoms with Crippen molar-refractivity contribution in [3.63, 3.8) is 0 Å². The molecule has 2 aliphatic heterocycles. The first kappa shape index (κ1) is 35.8. The number of nitrogens with one attached hydrogen (secondary N) is 1. The molecule has 2 unspecified atom stereocenters. The Balaban J connectivity index is 1.21. The van der Waals surface area contributed by atoms with Gasteiger partial charge in [-0.3, -0.25) is 14.4 Å². The van der Waals surface area contributed by atoms with Gasteiger partial charge in [0.1, 0.15) is 11.6 Å². The Morgan fingerprint density at radius 3 is 2.52 bits per heavy atom. The minimum absolute atomic E-state index is 0.0101. The van der Waals surface area contributed by atoms with Crippen molar-refractivity contribution in [3.8, 4) is 5.75 Å². The van der Waals surface area contributed by atoms with E-state index in [9.17, 15) is 18.8 Å². The zero-order valence-corrected chi connectivity index (χ0v) is 30.1. The average Bonchev–Trinajstić information content (AvgIpc) is 3.94. The monoisotopic (exact) mass is 745 g/mol. The summed E-state index contributed by atoms with van der Waals surface area (Å²) in [7, 11) is 0. The SMILES string of the molecule is Cc1ccccc1CCN(C(=O)C1=C(c2ccc(CCCOc3cc(F)ccc3Br)cc2)CC2CN(C(=O)CCCC(=O)O)CC1N2)C1CC1. The highest BCUT2D eigenvalue weighted by atomic mass is 79.9. The lowest BCUT2D eigenvalue weighted by Crippen LogP contribution is -2.62. The number of hydrogen-bond acceptors (Lipinski definition) is 5. The van der Waals surface area contributed by atoms with Crippen LogP contribution in [0.5, 0.6) is 5.75 Å². The van der Waals surface area contributed by atoms with Gasteiger partial charge in [0.25, 0.3) is 5.91 Å². The van der Waals surface area contributed by atoms with Gasteiger partial charge in [0.05, 0.1) is 17.1 Å². The molecule has 8 nitrogen and oxygen atoms in total. The maximum atomic E-state index is 14.7. The molecule has 0 aromatic heterocycles. The van der Waals surface area contributed by atoms with Crippen LogP contribution in [0.2, 0.25) is 0 Å². The van der Waals surface area contributed by atoms with E-state index >= 15 is 0 Å². The summed E-state index contributed by atoms with van der Waals surface area (Å²) >= 11 is 3.41. The molecule has 2 N–H and O–H groups in total. The van der Waals surface area contributed by atoms with E-state index in [1.54, 1.807) is 6.07 Å². The molecule has 6 rings (SSSR count). The van der Waals surface area contributed by atoms with Gasteiger partial charge in [-0.25, -0.2) is 4.39 Å². The van der Waals surface area contributed by atoms with Gasteiger partial charge in [0.2, 0.25) is 5.91 Å². The number of aryl methyl sites for hydroxylation is 2. The van der Waals surface area contributed by atoms with Crippen molar-refractivity contribution in [2.45, 2.75) is 82.8 Å². The number of carbonyl (C=O) groups is 3. The number of carboxylic acids is 1. The molecule has 2 amide bonds. The standard InChI is InChI=1S/C40H45BrFN3O5/c1-26-6-2-3-8-28(26)19-20-45(32-16-17-32)40(49)39-33(23-31-24-44(25-35(39)43-31)37(46)9-4-10-38(47)48)29-13-11-27(12-14-29)7-5-21-50-36-22-30(42)15-18-34(36)41/h2-3,6,8,11-15,18,22,31-32,35,43H,4-5,7,9-10,16-17,19-21,23-25H2,1H3,(H,47,48). The number of aliphatic carboxylic acids is 1. The van der Waals surface area contributed by atoms with E-state index in [1.807, 2.05) is 17.0 Å². The lowest BCUT2D eigenvalue weighted by molar-refractivity contribution is -0.138. The van der Waals surface area contributed by atoms with E-state index in [-0.39, 0.29) is 48.6 Å². The summed E-state index contributed by atoms with van der Waals surface area (Å²) in [5, 5.41) is 12.7. The highest BCUT2D eigenvalue weighted by molar-refractivity contribution is 9.10. The average molecular weight is 747 g/mol. The van der Waals surface area contributed by atoms with Crippen LogP contribution < -0.4 is 10.1 Å². The van der Waals surface area contributed by atoms with Gasteiger partial charge in [-0.15, -0.1) is 0 Å². The molecule has 2 heterocycles. The fraction of sp³-hybridized carbons (Fsp3) is 0.425. The Labute approximate surface area is 301 Å². The summed E-state index contributed by atoms with van der Waals surface area (Å²) in [6.07, 6.45) is 5.37. The number of fused-ring (bicyclic) bond motifs is 2. The van der Waals surface area contributed by atoms with Gasteiger partial charge in [0, 0.05) is 56.2 Å². The molecule has 3 aliphatic rings. The zero-order chi connectivity index (χ0) is 35.2. The number of rotatable bonds is 15. The lowest BCUT2D eigenvalue weighted by Gasteiger charge is -2.45. The van der Waals surface area contributed by atoms with Crippen LogP contribution in [0.3, 0.4) is 0 Å². The maximum Gasteiger partial charge on any atom is 0.303 e. The van der Waals surface area contributed by atoms with Crippen molar-refractivity contribution in [1.29, 1.82) is 0 Å². The molecule has 1 saturated heterocycles. The molecule has 10 heteroatoms. The highest BCUT2D eigenvalue weighted by Gasteiger charge is 2.43. The molecule has 0 spiro atoms. The van der Waals surface area contributed by atoms with Gasteiger partial charge in [-0.2, -0.15) is 0 Å². The van der Waals surface area contributed by atoms with Gasteiger partial charge in [-0.05, 0) is 108 Å². The quantitative estimate of drug-likeness (QED) is 0.168. The largest absolute Gasteiger partial charge is 0.492 e. The van der Waals surface area contributed by atoms with Gasteiger partial charge < -0.3 is 25.0 Å². The summed E-state index contributed by atoms with van der Waals surface area (Å²) in [5.74, 6) is -0.778. The molecule has 50 heavy (non-hydrogen) atoms. The Bertz CT molecular complexity index is 1740. The minimum Gasteiger partial charge on any atom is -0.492 e. The van der Waals surface area contributed by atoms with Crippen molar-refractivity contribution in [1.82, 2.24) is 15.1 Å². The first-order valence-electron chi connectivity index (χ1n) is 17.7. The number of halogens is 2. The normalized spacial score (nSPS) is 18.6. The number of carboxylic acid groups (broad SMARTS) is 1. The van der Waals surface area contributed by atoms with Crippen LogP contribution in [0, 0.1) is 12.7 Å². The molecule has 0 radical (unpaired) electrons. The molecule has 3 aromatic carbocycles. The van der Waals surface area contributed by atoms with Gasteiger partial charge in [0.15, 0.2) is 0 Å². The molecule has 2 atom stereocenters. The van der Waals surface area contributed by atoms with Crippen LogP contribution >= 0.6 is 15.9 Å². The van der Waals surface area contributed by atoms with Crippen LogP contribution in [-0.4, -0.2) is 77.1 Å². The smallest absolute Gasteiger partial charge is 0.303 e. The Hall–Kier alpha value is -4.02. The van der Waals surface area contributed by atoms with Gasteiger partial charge in [-0.1, -0.05) is 48.5 Å². The van der Waals surface area contributed by atoms with Gasteiger partial charge >= 0.3 is 5.97 Å². The fourth-order valence-electron chi connectivity index (χ4n) is 7.16. The minimum atomic E-state index is -0.905. The zero-order valence-electron chi connectivity index (χ0n) is 28.5. The topological polar surface area (TPSA) is 99.2 Å². The van der Waals surface area contributed by atoms with E-state index in [0.29, 0.717) is 44.8 Å². The molecule has 264 valence electrons. The predicted molar refractivity (Wildman–Crippen MR) is 194 cm³/mol. The summed E-state index contributed by atoms with van der Waals surface area (Å²) in [6.45, 7) is 4.09. The molecular weight excluding hydrogens is 701 g/mol. The fourth-order valence-corrected chi connectivity index (χ4v) is 7.52. The van der Waals surface area contributed by atoms with Crippen molar-refractivity contribution in [2.24, 2.45) is 0 Å². The Morgan fingerprint density at radius 2 is 1.78 bits per heavy atom. The Kier molecular flexibility index (Phi) is 11.7. The summed E-state index contributed by atoms with van der Waals surface area (Å²) in [5.41, 5.74) is 6.40. The number of piperazine rings is 1. The Morgan fingerprint density at radius 1 is 1.00 bits per heavy atom. The van der Waals surface area contributed by atoms with Crippen LogP contribution in [0.25, 0.3) is 5.57 Å². The number of carbonyl (C=O) groups excluding carboxylic acids is 2. The summed E-state index contributed by atoms with van der Waals surface area (Å²) in [6, 6.07) is 21.0. The van der Waals surface area contributed by atoms with Crippen molar-refractivity contribution >= 4 is 39.3 Å². The number of amides is 2. The third-order valence-electron chi connectivity index (χ3n) is 9.96. The third kappa shape index (κ3) is 9.01. The predicted octanol–water partition coefficient (Wildman–Crippen LogP) is 6.72. The number of hydrogen-bond donors (Lipinski definition) is 2. The molecule has 2 fully saturated rings. The van der Waals surface area contributed by atoms with Crippen molar-refractivity contribution in [2.75, 3.05) is 26.2 Å². The lowest BCUT2D eigenvalue weighted by atomic mass is 9.82. The van der Waals surface area contributed by atoms with E-state index in [1.165, 1.54) is 23.3 Å². The van der Waals surface area contributed by atoms with Crippen molar-refractivity contribution in [3.05, 3.63) is 105 Å². The molecular formula is C40H45BrFN3O5. The molecule has 2 bridgehead atoms. The van der Waals surface area contributed by atoms with E-state index in [2.05, 4.69) is 69.5 Å². The maximum absolute atomic E-state index is 14.7. The molecule has 3 aromatic rings. The molecule has 1 saturated carbocycles. The second-order valence-electron chi connectivity index (χ2n) is 13.7. The highest BCUT2D eigenvalue weighted by Crippen LogP contribution is 2.37. The molecule has 1 aliphatic carbocycles. The van der Waals surface area contributed by atoms with Crippen molar-refractivity contribution < 1.29 is 28.6 Å². The van der Waals surface area contributed by atoms with Crippen LogP contribution in [0.4, 0.5) is 4.39 Å². The third-order valence-corrected chi connectivity index (χ3v) is 10.6.